The number of benzene rings is 2. The van der Waals surface area contributed by atoms with Gasteiger partial charge < -0.3 is 11.1 Å². The van der Waals surface area contributed by atoms with Crippen molar-refractivity contribution < 1.29 is 4.79 Å². The summed E-state index contributed by atoms with van der Waals surface area (Å²) < 4.78 is 0. The molecule has 0 saturated heterocycles. The Kier molecular flexibility index (Phi) is 3.28. The van der Waals surface area contributed by atoms with Crippen LogP contribution in [0.5, 0.6) is 0 Å². The second-order valence-electron chi connectivity index (χ2n) is 4.89. The quantitative estimate of drug-likeness (QED) is 0.754. The Labute approximate surface area is 122 Å². The molecule has 0 aliphatic carbocycles. The van der Waals surface area contributed by atoms with Crippen LogP contribution < -0.4 is 11.1 Å². The van der Waals surface area contributed by atoms with Gasteiger partial charge in [0.25, 0.3) is 5.91 Å². The largest absolute Gasteiger partial charge is 0.397 e. The molecule has 0 saturated carbocycles. The van der Waals surface area contributed by atoms with Gasteiger partial charge in [-0.3, -0.25) is 9.78 Å². The maximum atomic E-state index is 12.2. The molecule has 4 nitrogen and oxygen atoms in total. The molecule has 0 unspecified atom stereocenters. The summed E-state index contributed by atoms with van der Waals surface area (Å²) >= 11 is 0. The van der Waals surface area contributed by atoms with Gasteiger partial charge in [0.1, 0.15) is 0 Å². The summed E-state index contributed by atoms with van der Waals surface area (Å²) in [5, 5.41) is 3.72. The smallest absolute Gasteiger partial charge is 0.255 e. The molecule has 3 rings (SSSR count). The van der Waals surface area contributed by atoms with Gasteiger partial charge in [0, 0.05) is 16.6 Å². The van der Waals surface area contributed by atoms with Crippen LogP contribution in [0.4, 0.5) is 11.4 Å². The fourth-order valence-corrected chi connectivity index (χ4v) is 2.16. The van der Waals surface area contributed by atoms with E-state index in [1.807, 2.05) is 49.4 Å². The Hall–Kier alpha value is -2.88. The summed E-state index contributed by atoms with van der Waals surface area (Å²) in [7, 11) is 0. The molecule has 1 aromatic heterocycles. The highest BCUT2D eigenvalue weighted by atomic mass is 16.1. The number of anilines is 2. The van der Waals surface area contributed by atoms with Crippen molar-refractivity contribution in [1.29, 1.82) is 0 Å². The Bertz CT molecular complexity index is 813. The van der Waals surface area contributed by atoms with Crippen molar-refractivity contribution in [2.24, 2.45) is 0 Å². The molecule has 2 aromatic carbocycles. The maximum absolute atomic E-state index is 12.2. The van der Waals surface area contributed by atoms with Crippen molar-refractivity contribution in [3.8, 4) is 0 Å². The van der Waals surface area contributed by atoms with Crippen molar-refractivity contribution >= 4 is 28.2 Å². The van der Waals surface area contributed by atoms with Gasteiger partial charge in [-0.1, -0.05) is 18.2 Å². The predicted octanol–water partition coefficient (Wildman–Crippen LogP) is 3.38. The minimum Gasteiger partial charge on any atom is -0.397 e. The lowest BCUT2D eigenvalue weighted by Crippen LogP contribution is -2.11. The summed E-state index contributed by atoms with van der Waals surface area (Å²) in [6.07, 6.45) is 0. The first kappa shape index (κ1) is 13.1. The van der Waals surface area contributed by atoms with E-state index in [9.17, 15) is 4.79 Å². The lowest BCUT2D eigenvalue weighted by Gasteiger charge is -2.07. The SMILES string of the molecule is Cc1nc2ccc(C(=O)Nc3ccccc3)cc2cc1N. The van der Waals surface area contributed by atoms with Gasteiger partial charge in [-0.15, -0.1) is 0 Å². The van der Waals surface area contributed by atoms with E-state index in [0.29, 0.717) is 11.3 Å². The fraction of sp³-hybridized carbons (Fsp3) is 0.0588. The van der Waals surface area contributed by atoms with Gasteiger partial charge in [-0.05, 0) is 43.3 Å². The van der Waals surface area contributed by atoms with Crippen LogP contribution in [0.1, 0.15) is 16.1 Å². The standard InChI is InChI=1S/C17H15N3O/c1-11-15(18)10-13-9-12(7-8-16(13)19-11)17(21)20-14-5-3-2-4-6-14/h2-10H,18H2,1H3,(H,20,21). The second kappa shape index (κ2) is 5.25. The molecule has 3 aromatic rings. The summed E-state index contributed by atoms with van der Waals surface area (Å²) in [6, 6.07) is 16.6. The molecule has 0 bridgehead atoms. The van der Waals surface area contributed by atoms with Crippen molar-refractivity contribution in [2.45, 2.75) is 6.92 Å². The minimum absolute atomic E-state index is 0.151. The Balaban J connectivity index is 1.93. The summed E-state index contributed by atoms with van der Waals surface area (Å²) in [5.41, 5.74) is 9.48. The molecule has 0 aliphatic rings. The van der Waals surface area contributed by atoms with Gasteiger partial charge in [-0.2, -0.15) is 0 Å². The lowest BCUT2D eigenvalue weighted by atomic mass is 10.1. The van der Waals surface area contributed by atoms with E-state index in [1.54, 1.807) is 12.1 Å². The number of fused-ring (bicyclic) bond motifs is 1. The molecular formula is C17H15N3O. The number of nitrogens with one attached hydrogen (secondary N) is 1. The van der Waals surface area contributed by atoms with Gasteiger partial charge in [0.05, 0.1) is 16.9 Å². The first-order valence-corrected chi connectivity index (χ1v) is 6.67. The third-order valence-corrected chi connectivity index (χ3v) is 3.34. The molecule has 0 spiro atoms. The van der Waals surface area contributed by atoms with Crippen LogP contribution in [0.15, 0.2) is 54.6 Å². The van der Waals surface area contributed by atoms with Crippen molar-refractivity contribution in [3.05, 3.63) is 65.9 Å². The molecule has 1 heterocycles. The number of pyridine rings is 1. The minimum atomic E-state index is -0.151. The molecule has 0 fully saturated rings. The number of para-hydroxylation sites is 1. The number of nitrogen functional groups attached to an aromatic ring is 1. The van der Waals surface area contributed by atoms with Gasteiger partial charge in [0.2, 0.25) is 0 Å². The first-order valence-electron chi connectivity index (χ1n) is 6.67. The molecule has 0 aliphatic heterocycles. The van der Waals surface area contributed by atoms with E-state index < -0.39 is 0 Å². The number of carbonyl (C=O) groups is 1. The average molecular weight is 277 g/mol. The average Bonchev–Trinajstić information content (AvgIpc) is 2.49. The van der Waals surface area contributed by atoms with E-state index >= 15 is 0 Å². The van der Waals surface area contributed by atoms with Crippen LogP contribution >= 0.6 is 0 Å². The van der Waals surface area contributed by atoms with E-state index in [4.69, 9.17) is 5.73 Å². The van der Waals surface area contributed by atoms with Crippen LogP contribution in [-0.2, 0) is 0 Å². The Morgan fingerprint density at radius 3 is 2.62 bits per heavy atom. The molecule has 3 N–H and O–H groups in total. The topological polar surface area (TPSA) is 68.0 Å². The number of carbonyl (C=O) groups excluding carboxylic acids is 1. The highest BCUT2D eigenvalue weighted by molar-refractivity contribution is 6.06. The van der Waals surface area contributed by atoms with Gasteiger partial charge in [-0.25, -0.2) is 0 Å². The number of aromatic nitrogens is 1. The van der Waals surface area contributed by atoms with E-state index in [1.165, 1.54) is 0 Å². The first-order chi connectivity index (χ1) is 10.1. The third kappa shape index (κ3) is 2.69. The summed E-state index contributed by atoms with van der Waals surface area (Å²) in [4.78, 5) is 16.6. The van der Waals surface area contributed by atoms with Crippen LogP contribution in [0.25, 0.3) is 10.9 Å². The number of aryl methyl sites for hydroxylation is 1. The number of hydrogen-bond donors (Lipinski definition) is 2. The fourth-order valence-electron chi connectivity index (χ4n) is 2.16. The van der Waals surface area contributed by atoms with Gasteiger partial charge in [0.15, 0.2) is 0 Å². The second-order valence-corrected chi connectivity index (χ2v) is 4.89. The van der Waals surface area contributed by atoms with Crippen LogP contribution in [-0.4, -0.2) is 10.9 Å². The normalized spacial score (nSPS) is 10.5. The Morgan fingerprint density at radius 1 is 1.10 bits per heavy atom. The summed E-state index contributed by atoms with van der Waals surface area (Å²) in [5.74, 6) is -0.151. The molecule has 4 heteroatoms. The Morgan fingerprint density at radius 2 is 1.86 bits per heavy atom. The molecule has 1 amide bonds. The summed E-state index contributed by atoms with van der Waals surface area (Å²) in [6.45, 7) is 1.87. The molecule has 0 atom stereocenters. The highest BCUT2D eigenvalue weighted by Crippen LogP contribution is 2.20. The van der Waals surface area contributed by atoms with Crippen LogP contribution in [0.3, 0.4) is 0 Å². The highest BCUT2D eigenvalue weighted by Gasteiger charge is 2.08. The number of nitrogens with two attached hydrogens (primary N) is 1. The van der Waals surface area contributed by atoms with E-state index in [-0.39, 0.29) is 5.91 Å². The number of rotatable bonds is 2. The number of hydrogen-bond acceptors (Lipinski definition) is 3. The zero-order chi connectivity index (χ0) is 14.8. The zero-order valence-corrected chi connectivity index (χ0v) is 11.6. The zero-order valence-electron chi connectivity index (χ0n) is 11.6. The monoisotopic (exact) mass is 277 g/mol. The van der Waals surface area contributed by atoms with Crippen molar-refractivity contribution in [1.82, 2.24) is 4.98 Å². The van der Waals surface area contributed by atoms with E-state index in [2.05, 4.69) is 10.3 Å². The van der Waals surface area contributed by atoms with E-state index in [0.717, 1.165) is 22.3 Å². The predicted molar refractivity (Wildman–Crippen MR) is 85.3 cm³/mol. The van der Waals surface area contributed by atoms with Crippen LogP contribution in [0, 0.1) is 6.92 Å². The third-order valence-electron chi connectivity index (χ3n) is 3.34. The lowest BCUT2D eigenvalue weighted by molar-refractivity contribution is 0.102. The molecule has 104 valence electrons. The van der Waals surface area contributed by atoms with Crippen LogP contribution in [0.2, 0.25) is 0 Å². The van der Waals surface area contributed by atoms with Crippen molar-refractivity contribution in [2.75, 3.05) is 11.1 Å². The van der Waals surface area contributed by atoms with Gasteiger partial charge >= 0.3 is 0 Å². The molecule has 0 radical (unpaired) electrons. The molecular weight excluding hydrogens is 262 g/mol. The number of amides is 1. The van der Waals surface area contributed by atoms with Crippen molar-refractivity contribution in [3.63, 3.8) is 0 Å². The molecule has 21 heavy (non-hydrogen) atoms. The number of nitrogens with zero attached hydrogens (tertiary/aromatic N) is 1. The maximum Gasteiger partial charge on any atom is 0.255 e.